The summed E-state index contributed by atoms with van der Waals surface area (Å²) in [5, 5.41) is 12.4. The molecule has 1 fully saturated rings. The second-order valence-electron chi connectivity index (χ2n) is 9.59. The van der Waals surface area contributed by atoms with Crippen molar-refractivity contribution in [1.82, 2.24) is 5.01 Å². The number of methoxy groups -OCH3 is 2. The highest BCUT2D eigenvalue weighted by atomic mass is 79.9. The third-order valence-corrected chi connectivity index (χ3v) is 10.4. The van der Waals surface area contributed by atoms with Gasteiger partial charge in [-0.15, -0.1) is 0 Å². The summed E-state index contributed by atoms with van der Waals surface area (Å²) >= 11 is 19.6. The van der Waals surface area contributed by atoms with Crippen molar-refractivity contribution in [3.8, 4) is 17.2 Å². The molecule has 1 aliphatic carbocycles. The van der Waals surface area contributed by atoms with Gasteiger partial charge in [0.1, 0.15) is 5.75 Å². The smallest absolute Gasteiger partial charge is 0.260 e. The van der Waals surface area contributed by atoms with Gasteiger partial charge in [-0.25, -0.2) is 0 Å². The first kappa shape index (κ1) is 29.5. The highest BCUT2D eigenvalue weighted by molar-refractivity contribution is 9.13. The van der Waals surface area contributed by atoms with Crippen molar-refractivity contribution in [1.29, 1.82) is 0 Å². The lowest BCUT2D eigenvalue weighted by atomic mass is 9.56. The zero-order chi connectivity index (χ0) is 29.6. The number of ether oxygens (including phenoxy) is 2. The van der Waals surface area contributed by atoms with Gasteiger partial charge in [0.05, 0.1) is 40.7 Å². The number of hydrogen-bond acceptors (Lipinski definition) is 6. The molecule has 1 aliphatic heterocycles. The SMILES string of the molecule is C=CC1=CC[C@H]2C(=O)N(Nc3ccc(Cl)cc3Cl)C(=O)[C@@]2(c2ccc(OC)cc2)[C@H]1c1cc(OC)c(O)c(Br)c1Br. The van der Waals surface area contributed by atoms with E-state index >= 15 is 0 Å². The van der Waals surface area contributed by atoms with Crippen molar-refractivity contribution >= 4 is 72.6 Å². The van der Waals surface area contributed by atoms with Crippen LogP contribution in [0.5, 0.6) is 17.2 Å². The first-order valence-electron chi connectivity index (χ1n) is 12.4. The predicted octanol–water partition coefficient (Wildman–Crippen LogP) is 7.79. The Balaban J connectivity index is 1.79. The van der Waals surface area contributed by atoms with E-state index in [0.29, 0.717) is 36.5 Å². The van der Waals surface area contributed by atoms with E-state index in [2.05, 4.69) is 43.9 Å². The molecule has 2 N–H and O–H groups in total. The van der Waals surface area contributed by atoms with Gasteiger partial charge >= 0.3 is 0 Å². The van der Waals surface area contributed by atoms with E-state index in [1.165, 1.54) is 13.2 Å². The number of fused-ring (bicyclic) bond motifs is 1. The summed E-state index contributed by atoms with van der Waals surface area (Å²) in [7, 11) is 3.00. The highest BCUT2D eigenvalue weighted by Gasteiger charge is 2.66. The molecule has 1 saturated heterocycles. The quantitative estimate of drug-likeness (QED) is 0.242. The van der Waals surface area contributed by atoms with Crippen LogP contribution in [-0.4, -0.2) is 36.1 Å². The van der Waals surface area contributed by atoms with Gasteiger partial charge in [0.15, 0.2) is 11.5 Å². The molecule has 2 aliphatic rings. The molecule has 7 nitrogen and oxygen atoms in total. The van der Waals surface area contributed by atoms with Crippen LogP contribution in [0.4, 0.5) is 5.69 Å². The maximum absolute atomic E-state index is 14.8. The van der Waals surface area contributed by atoms with E-state index in [1.807, 2.05) is 6.08 Å². The maximum Gasteiger partial charge on any atom is 0.260 e. The van der Waals surface area contributed by atoms with Gasteiger partial charge in [-0.05, 0) is 91.4 Å². The summed E-state index contributed by atoms with van der Waals surface area (Å²) in [6, 6.07) is 13.5. The van der Waals surface area contributed by atoms with E-state index in [9.17, 15) is 14.7 Å². The second kappa shape index (κ2) is 11.4. The lowest BCUT2D eigenvalue weighted by Gasteiger charge is -2.43. The average Bonchev–Trinajstić information content (AvgIpc) is 3.19. The lowest BCUT2D eigenvalue weighted by Crippen LogP contribution is -2.48. The minimum Gasteiger partial charge on any atom is -0.503 e. The predicted molar refractivity (Wildman–Crippen MR) is 166 cm³/mol. The summed E-state index contributed by atoms with van der Waals surface area (Å²) in [6.45, 7) is 4.04. The average molecular weight is 723 g/mol. The number of nitrogens with zero attached hydrogens (tertiary/aromatic N) is 1. The Kier molecular flexibility index (Phi) is 8.18. The number of hydrazine groups is 1. The molecule has 0 aromatic heterocycles. The minimum atomic E-state index is -1.42. The van der Waals surface area contributed by atoms with Gasteiger partial charge in [-0.1, -0.05) is 54.1 Å². The normalized spacial score (nSPS) is 21.8. The van der Waals surface area contributed by atoms with Gasteiger partial charge in [0, 0.05) is 15.4 Å². The molecule has 5 rings (SSSR count). The monoisotopic (exact) mass is 720 g/mol. The number of anilines is 1. The molecule has 0 saturated carbocycles. The van der Waals surface area contributed by atoms with Crippen LogP contribution in [0, 0.1) is 5.92 Å². The molecule has 3 aromatic rings. The van der Waals surface area contributed by atoms with E-state index in [1.54, 1.807) is 55.7 Å². The van der Waals surface area contributed by atoms with Crippen LogP contribution in [0.2, 0.25) is 10.0 Å². The molecule has 0 spiro atoms. The van der Waals surface area contributed by atoms with Crippen LogP contribution in [0.25, 0.3) is 0 Å². The van der Waals surface area contributed by atoms with Gasteiger partial charge in [0.25, 0.3) is 11.8 Å². The van der Waals surface area contributed by atoms with Crippen molar-refractivity contribution in [2.45, 2.75) is 17.8 Å². The van der Waals surface area contributed by atoms with Crippen LogP contribution < -0.4 is 14.9 Å². The fraction of sp³-hybridized carbons (Fsp3) is 0.200. The molecule has 2 amide bonds. The second-order valence-corrected chi connectivity index (χ2v) is 12.0. The number of phenolic OH excluding ortho intramolecular Hbond substituents is 1. The molecule has 0 unspecified atom stereocenters. The van der Waals surface area contributed by atoms with Crippen LogP contribution in [0.15, 0.2) is 81.8 Å². The van der Waals surface area contributed by atoms with Gasteiger partial charge in [0.2, 0.25) is 0 Å². The van der Waals surface area contributed by atoms with Crippen LogP contribution in [-0.2, 0) is 15.0 Å². The fourth-order valence-corrected chi connectivity index (χ4v) is 7.21. The number of carbonyl (C=O) groups is 2. The first-order valence-corrected chi connectivity index (χ1v) is 14.8. The van der Waals surface area contributed by atoms with Gasteiger partial charge in [-0.2, -0.15) is 5.01 Å². The number of imide groups is 1. The molecule has 41 heavy (non-hydrogen) atoms. The summed E-state index contributed by atoms with van der Waals surface area (Å²) in [5.41, 5.74) is 3.86. The first-order chi connectivity index (χ1) is 19.6. The number of aromatic hydroxyl groups is 1. The molecule has 3 atom stereocenters. The number of amides is 2. The number of benzene rings is 3. The molecule has 3 aromatic carbocycles. The van der Waals surface area contributed by atoms with Crippen LogP contribution >= 0.6 is 55.1 Å². The summed E-state index contributed by atoms with van der Waals surface area (Å²) < 4.78 is 11.7. The topological polar surface area (TPSA) is 88.1 Å². The zero-order valence-electron chi connectivity index (χ0n) is 21.9. The molecule has 0 radical (unpaired) electrons. The van der Waals surface area contributed by atoms with Crippen molar-refractivity contribution in [3.05, 3.63) is 103 Å². The van der Waals surface area contributed by atoms with Crippen molar-refractivity contribution in [2.24, 2.45) is 5.92 Å². The number of hydrogen-bond donors (Lipinski definition) is 2. The Morgan fingerprint density at radius 3 is 2.39 bits per heavy atom. The molecular weight excluding hydrogens is 699 g/mol. The fourth-order valence-electron chi connectivity index (χ4n) is 5.80. The van der Waals surface area contributed by atoms with E-state index in [0.717, 1.165) is 10.6 Å². The highest BCUT2D eigenvalue weighted by Crippen LogP contribution is 2.60. The summed E-state index contributed by atoms with van der Waals surface area (Å²) in [4.78, 5) is 29.0. The van der Waals surface area contributed by atoms with E-state index in [4.69, 9.17) is 32.7 Å². The number of allylic oxidation sites excluding steroid dienone is 3. The lowest BCUT2D eigenvalue weighted by molar-refractivity contribution is -0.138. The van der Waals surface area contributed by atoms with Gasteiger partial charge < -0.3 is 14.6 Å². The van der Waals surface area contributed by atoms with E-state index in [-0.39, 0.29) is 22.9 Å². The van der Waals surface area contributed by atoms with Gasteiger partial charge in [-0.3, -0.25) is 15.0 Å². The third-order valence-electron chi connectivity index (χ3n) is 7.67. The van der Waals surface area contributed by atoms with Crippen LogP contribution in [0.1, 0.15) is 23.5 Å². The molecule has 0 bridgehead atoms. The third kappa shape index (κ3) is 4.63. The Morgan fingerprint density at radius 2 is 1.78 bits per heavy atom. The maximum atomic E-state index is 14.8. The zero-order valence-corrected chi connectivity index (χ0v) is 26.6. The largest absolute Gasteiger partial charge is 0.503 e. The van der Waals surface area contributed by atoms with Crippen molar-refractivity contribution < 1.29 is 24.2 Å². The van der Waals surface area contributed by atoms with Crippen molar-refractivity contribution in [3.63, 3.8) is 0 Å². The number of nitrogens with one attached hydrogen (secondary N) is 1. The van der Waals surface area contributed by atoms with Crippen molar-refractivity contribution in [2.75, 3.05) is 19.6 Å². The Labute approximate surface area is 263 Å². The Bertz CT molecular complexity index is 1610. The Morgan fingerprint density at radius 1 is 1.07 bits per heavy atom. The summed E-state index contributed by atoms with van der Waals surface area (Å²) in [5.74, 6) is -1.70. The molecule has 11 heteroatoms. The van der Waals surface area contributed by atoms with Crippen LogP contribution in [0.3, 0.4) is 0 Å². The Hall–Kier alpha value is -2.98. The molecular formula is C30H24Br2Cl2N2O5. The molecule has 1 heterocycles. The standard InChI is InChI=1S/C30H24Br2Cl2N2O5/c1-4-15-5-11-20-28(38)36(35-22-12-8-17(33)13-21(22)34)29(39)30(20,16-6-9-18(40-2)10-7-16)24(15)19-14-23(41-3)27(37)26(32)25(19)31/h4-10,12-14,20,24,35,37H,1,11H2,2-3H3/t20-,24+,30+/m0/s1. The van der Waals surface area contributed by atoms with E-state index < -0.39 is 29.1 Å². The minimum absolute atomic E-state index is 0.104. The summed E-state index contributed by atoms with van der Waals surface area (Å²) in [6.07, 6.45) is 3.90. The number of halogens is 4. The number of rotatable bonds is 7. The number of phenols is 1. The molecule has 212 valence electrons. The number of carbonyl (C=O) groups excluding carboxylic acids is 2.